The molecule has 0 saturated heterocycles. The number of fused-ring (bicyclic) bond motifs is 2. The number of nitrogens with zero attached hydrogens (tertiary/aromatic N) is 2. The Morgan fingerprint density at radius 1 is 1.06 bits per heavy atom. The molecule has 1 aliphatic heterocycles. The highest BCUT2D eigenvalue weighted by atomic mass is 35.5. The lowest BCUT2D eigenvalue weighted by molar-refractivity contribution is -0.120. The first-order valence-electron chi connectivity index (χ1n) is 10.4. The van der Waals surface area contributed by atoms with Gasteiger partial charge in [-0.15, -0.1) is 0 Å². The molecule has 1 aliphatic carbocycles. The van der Waals surface area contributed by atoms with Crippen LogP contribution in [-0.4, -0.2) is 30.8 Å². The number of carbonyl (C=O) groups is 2. The third kappa shape index (κ3) is 3.14. The standard InChI is InChI=1S/C26H23ClN2O2/c1-28(2)24(30)19-7-5-6-17(14-19)16-29-23-9-4-3-8-21(23)26(25(29)31)15-22(26)18-10-12-20(27)13-11-18/h3-14,22H,15-16H2,1-2H3/t22?,26-/m1/s1. The van der Waals surface area contributed by atoms with Gasteiger partial charge in [0, 0.05) is 36.3 Å². The molecule has 156 valence electrons. The van der Waals surface area contributed by atoms with Crippen LogP contribution in [0.2, 0.25) is 5.02 Å². The van der Waals surface area contributed by atoms with Gasteiger partial charge in [-0.1, -0.05) is 54.1 Å². The normalized spacial score (nSPS) is 21.3. The molecule has 1 fully saturated rings. The molecule has 5 rings (SSSR count). The first-order chi connectivity index (χ1) is 14.9. The Labute approximate surface area is 187 Å². The summed E-state index contributed by atoms with van der Waals surface area (Å²) in [6.45, 7) is 0.444. The van der Waals surface area contributed by atoms with E-state index in [4.69, 9.17) is 11.6 Å². The summed E-state index contributed by atoms with van der Waals surface area (Å²) in [5, 5.41) is 0.699. The van der Waals surface area contributed by atoms with Crippen LogP contribution in [0.1, 0.15) is 39.4 Å². The number of halogens is 1. The quantitative estimate of drug-likeness (QED) is 0.583. The number of hydrogen-bond donors (Lipinski definition) is 0. The highest BCUT2D eigenvalue weighted by Gasteiger charge is 2.66. The Balaban J connectivity index is 1.48. The third-order valence-corrected chi connectivity index (χ3v) is 6.71. The highest BCUT2D eigenvalue weighted by Crippen LogP contribution is 2.66. The topological polar surface area (TPSA) is 40.6 Å². The van der Waals surface area contributed by atoms with Crippen LogP contribution < -0.4 is 4.90 Å². The molecule has 31 heavy (non-hydrogen) atoms. The van der Waals surface area contributed by atoms with E-state index in [9.17, 15) is 9.59 Å². The van der Waals surface area contributed by atoms with Crippen molar-refractivity contribution in [3.8, 4) is 0 Å². The fourth-order valence-electron chi connectivity index (χ4n) is 4.85. The predicted octanol–water partition coefficient (Wildman–Crippen LogP) is 5.01. The van der Waals surface area contributed by atoms with Crippen molar-refractivity contribution in [1.82, 2.24) is 4.90 Å². The monoisotopic (exact) mass is 430 g/mol. The second-order valence-electron chi connectivity index (χ2n) is 8.59. The Morgan fingerprint density at radius 3 is 2.55 bits per heavy atom. The smallest absolute Gasteiger partial charge is 0.253 e. The highest BCUT2D eigenvalue weighted by molar-refractivity contribution is 6.30. The lowest BCUT2D eigenvalue weighted by Crippen LogP contribution is -2.32. The number of carbonyl (C=O) groups excluding carboxylic acids is 2. The molecule has 2 amide bonds. The molecular formula is C26H23ClN2O2. The Morgan fingerprint density at radius 2 is 1.81 bits per heavy atom. The minimum absolute atomic E-state index is 0.0449. The van der Waals surface area contributed by atoms with E-state index in [0.717, 1.165) is 28.8 Å². The van der Waals surface area contributed by atoms with Crippen molar-refractivity contribution in [2.45, 2.75) is 24.3 Å². The van der Waals surface area contributed by atoms with E-state index in [-0.39, 0.29) is 17.7 Å². The van der Waals surface area contributed by atoms with Crippen molar-refractivity contribution in [2.75, 3.05) is 19.0 Å². The minimum atomic E-state index is -0.499. The number of hydrogen-bond acceptors (Lipinski definition) is 2. The Kier molecular flexibility index (Phi) is 4.63. The van der Waals surface area contributed by atoms with Crippen molar-refractivity contribution in [3.05, 3.63) is 100 Å². The summed E-state index contributed by atoms with van der Waals surface area (Å²) >= 11 is 6.06. The summed E-state index contributed by atoms with van der Waals surface area (Å²) in [5.41, 5.74) is 4.28. The molecule has 0 radical (unpaired) electrons. The molecule has 0 aromatic heterocycles. The first kappa shape index (κ1) is 19.8. The van der Waals surface area contributed by atoms with E-state index >= 15 is 0 Å². The fraction of sp³-hybridized carbons (Fsp3) is 0.231. The van der Waals surface area contributed by atoms with Crippen LogP contribution in [0.4, 0.5) is 5.69 Å². The lowest BCUT2D eigenvalue weighted by atomic mass is 9.92. The summed E-state index contributed by atoms with van der Waals surface area (Å²) in [6, 6.07) is 23.4. The summed E-state index contributed by atoms with van der Waals surface area (Å²) in [6.07, 6.45) is 0.806. The van der Waals surface area contributed by atoms with E-state index in [1.54, 1.807) is 19.0 Å². The van der Waals surface area contributed by atoms with Crippen LogP contribution in [0.15, 0.2) is 72.8 Å². The van der Waals surface area contributed by atoms with Crippen LogP contribution in [0, 0.1) is 0 Å². The van der Waals surface area contributed by atoms with Gasteiger partial charge in [0.25, 0.3) is 5.91 Å². The Hall–Kier alpha value is -3.11. The van der Waals surface area contributed by atoms with Crippen molar-refractivity contribution < 1.29 is 9.59 Å². The number of benzene rings is 3. The van der Waals surface area contributed by atoms with Crippen molar-refractivity contribution in [2.24, 2.45) is 0 Å². The molecule has 0 bridgehead atoms. The first-order valence-corrected chi connectivity index (χ1v) is 10.8. The van der Waals surface area contributed by atoms with E-state index in [0.29, 0.717) is 17.1 Å². The molecule has 5 heteroatoms. The third-order valence-electron chi connectivity index (χ3n) is 6.46. The number of anilines is 1. The fourth-order valence-corrected chi connectivity index (χ4v) is 4.97. The van der Waals surface area contributed by atoms with Gasteiger partial charge in [0.05, 0.1) is 12.0 Å². The van der Waals surface area contributed by atoms with Crippen molar-refractivity contribution >= 4 is 29.1 Å². The van der Waals surface area contributed by atoms with Gasteiger partial charge in [0.2, 0.25) is 5.91 Å². The van der Waals surface area contributed by atoms with Gasteiger partial charge in [0.1, 0.15) is 0 Å². The maximum Gasteiger partial charge on any atom is 0.253 e. The molecule has 1 spiro atoms. The van der Waals surface area contributed by atoms with E-state index < -0.39 is 5.41 Å². The summed E-state index contributed by atoms with van der Waals surface area (Å²) in [4.78, 5) is 29.6. The van der Waals surface area contributed by atoms with Gasteiger partial charge in [-0.05, 0) is 53.4 Å². The lowest BCUT2D eigenvalue weighted by Gasteiger charge is -2.19. The van der Waals surface area contributed by atoms with Gasteiger partial charge in [0.15, 0.2) is 0 Å². The van der Waals surface area contributed by atoms with Crippen LogP contribution in [-0.2, 0) is 16.8 Å². The molecule has 3 aromatic carbocycles. The average Bonchev–Trinajstić information content (AvgIpc) is 3.49. The van der Waals surface area contributed by atoms with Gasteiger partial charge in [-0.3, -0.25) is 9.59 Å². The zero-order valence-electron chi connectivity index (χ0n) is 17.5. The van der Waals surface area contributed by atoms with E-state index in [1.807, 2.05) is 71.6 Å². The maximum atomic E-state index is 13.8. The van der Waals surface area contributed by atoms with Gasteiger partial charge in [-0.25, -0.2) is 0 Å². The number of amides is 2. The largest absolute Gasteiger partial charge is 0.345 e. The molecule has 2 aliphatic rings. The summed E-state index contributed by atoms with van der Waals surface area (Å²) < 4.78 is 0. The van der Waals surface area contributed by atoms with Gasteiger partial charge >= 0.3 is 0 Å². The maximum absolute atomic E-state index is 13.8. The molecule has 4 nitrogen and oxygen atoms in total. The van der Waals surface area contributed by atoms with Crippen molar-refractivity contribution in [1.29, 1.82) is 0 Å². The van der Waals surface area contributed by atoms with Gasteiger partial charge in [-0.2, -0.15) is 0 Å². The molecule has 2 atom stereocenters. The minimum Gasteiger partial charge on any atom is -0.345 e. The van der Waals surface area contributed by atoms with Crippen LogP contribution in [0.25, 0.3) is 0 Å². The average molecular weight is 431 g/mol. The van der Waals surface area contributed by atoms with E-state index in [1.165, 1.54) is 0 Å². The molecule has 3 aromatic rings. The molecular weight excluding hydrogens is 408 g/mol. The molecule has 1 heterocycles. The second kappa shape index (κ2) is 7.24. The number of para-hydroxylation sites is 1. The van der Waals surface area contributed by atoms with E-state index in [2.05, 4.69) is 6.07 Å². The van der Waals surface area contributed by atoms with Crippen LogP contribution in [0.3, 0.4) is 0 Å². The van der Waals surface area contributed by atoms with Crippen LogP contribution in [0.5, 0.6) is 0 Å². The zero-order valence-corrected chi connectivity index (χ0v) is 18.3. The summed E-state index contributed by atoms with van der Waals surface area (Å²) in [5.74, 6) is 0.250. The predicted molar refractivity (Wildman–Crippen MR) is 123 cm³/mol. The van der Waals surface area contributed by atoms with Crippen LogP contribution >= 0.6 is 11.6 Å². The zero-order chi connectivity index (χ0) is 21.8. The second-order valence-corrected chi connectivity index (χ2v) is 9.02. The van der Waals surface area contributed by atoms with Gasteiger partial charge < -0.3 is 9.80 Å². The Bertz CT molecular complexity index is 1190. The molecule has 1 unspecified atom stereocenters. The SMILES string of the molecule is CN(C)C(=O)c1cccc(CN2C(=O)[C@]3(CC3c3ccc(Cl)cc3)c3ccccc32)c1. The van der Waals surface area contributed by atoms with Crippen molar-refractivity contribution in [3.63, 3.8) is 0 Å². The molecule has 1 saturated carbocycles. The molecule has 0 N–H and O–H groups in total. The number of rotatable bonds is 4. The summed E-state index contributed by atoms with van der Waals surface area (Å²) in [7, 11) is 3.48.